The van der Waals surface area contributed by atoms with Gasteiger partial charge in [-0.2, -0.15) is 0 Å². The number of imide groups is 1. The molecule has 1 aliphatic rings. The number of likely N-dealkylation sites (tertiary alicyclic amines) is 1. The van der Waals surface area contributed by atoms with E-state index in [2.05, 4.69) is 4.90 Å². The molecule has 102 valence electrons. The van der Waals surface area contributed by atoms with Crippen molar-refractivity contribution in [1.29, 1.82) is 0 Å². The predicted molar refractivity (Wildman–Crippen MR) is 63.8 cm³/mol. The van der Waals surface area contributed by atoms with Gasteiger partial charge in [-0.3, -0.25) is 14.9 Å². The largest absolute Gasteiger partial charge is 0.481 e. The van der Waals surface area contributed by atoms with E-state index in [0.29, 0.717) is 13.1 Å². The lowest BCUT2D eigenvalue weighted by atomic mass is 9.95. The highest BCUT2D eigenvalue weighted by Gasteiger charge is 2.22. The number of piperidine rings is 1. The number of nitrogens with zero attached hydrogens (tertiary/aromatic N) is 1. The minimum atomic E-state index is -0.845. The van der Waals surface area contributed by atoms with E-state index in [1.165, 1.54) is 0 Å². The van der Waals surface area contributed by atoms with Crippen LogP contribution in [-0.4, -0.2) is 47.5 Å². The zero-order valence-corrected chi connectivity index (χ0v) is 10.2. The Balaban J connectivity index is 2.27. The number of primary amides is 1. The van der Waals surface area contributed by atoms with Crippen LogP contribution in [-0.2, 0) is 9.59 Å². The van der Waals surface area contributed by atoms with Gasteiger partial charge in [-0.1, -0.05) is 0 Å². The van der Waals surface area contributed by atoms with Gasteiger partial charge in [-0.15, -0.1) is 0 Å². The van der Waals surface area contributed by atoms with E-state index in [4.69, 9.17) is 10.8 Å². The standard InChI is InChI=1S/C11H19N3O4/c12-11(18)13-9(15)3-5-14-4-1-2-8(7-14)6-10(16)17/h8H,1-7H2,(H,16,17)(H3,12,13,15,18). The first-order valence-electron chi connectivity index (χ1n) is 6.01. The molecule has 1 atom stereocenters. The van der Waals surface area contributed by atoms with E-state index < -0.39 is 17.9 Å². The normalized spacial score (nSPS) is 20.3. The molecule has 0 aromatic heterocycles. The van der Waals surface area contributed by atoms with Gasteiger partial charge in [0.05, 0.1) is 0 Å². The third kappa shape index (κ3) is 5.62. The molecule has 1 aliphatic heterocycles. The van der Waals surface area contributed by atoms with Crippen LogP contribution in [0.1, 0.15) is 25.7 Å². The summed E-state index contributed by atoms with van der Waals surface area (Å²) in [5, 5.41) is 10.7. The molecule has 0 saturated carbocycles. The second kappa shape index (κ2) is 6.95. The third-order valence-electron chi connectivity index (χ3n) is 2.98. The van der Waals surface area contributed by atoms with E-state index in [-0.39, 0.29) is 18.8 Å². The number of aliphatic carboxylic acids is 1. The first kappa shape index (κ1) is 14.4. The van der Waals surface area contributed by atoms with Crippen molar-refractivity contribution in [2.24, 2.45) is 11.7 Å². The van der Waals surface area contributed by atoms with Crippen LogP contribution in [0.5, 0.6) is 0 Å². The SMILES string of the molecule is NC(=O)NC(=O)CCN1CCCC(CC(=O)O)C1. The second-order valence-corrected chi connectivity index (χ2v) is 4.57. The zero-order chi connectivity index (χ0) is 13.5. The molecule has 18 heavy (non-hydrogen) atoms. The maximum atomic E-state index is 11.2. The minimum Gasteiger partial charge on any atom is -0.481 e. The summed E-state index contributed by atoms with van der Waals surface area (Å²) in [4.78, 5) is 34.3. The maximum absolute atomic E-state index is 11.2. The first-order valence-corrected chi connectivity index (χ1v) is 6.01. The minimum absolute atomic E-state index is 0.149. The van der Waals surface area contributed by atoms with Crippen molar-refractivity contribution in [2.75, 3.05) is 19.6 Å². The van der Waals surface area contributed by atoms with Gasteiger partial charge in [0, 0.05) is 25.9 Å². The van der Waals surface area contributed by atoms with Gasteiger partial charge in [0.15, 0.2) is 0 Å². The summed E-state index contributed by atoms with van der Waals surface area (Å²) in [6, 6.07) is -0.845. The summed E-state index contributed by atoms with van der Waals surface area (Å²) in [5.41, 5.74) is 4.83. The average molecular weight is 257 g/mol. The van der Waals surface area contributed by atoms with Gasteiger partial charge in [0.2, 0.25) is 5.91 Å². The Kier molecular flexibility index (Phi) is 5.57. The van der Waals surface area contributed by atoms with Crippen molar-refractivity contribution < 1.29 is 19.5 Å². The molecule has 1 unspecified atom stereocenters. The van der Waals surface area contributed by atoms with E-state index in [1.54, 1.807) is 0 Å². The number of rotatable bonds is 5. The molecule has 1 heterocycles. The molecule has 4 N–H and O–H groups in total. The number of carbonyl (C=O) groups excluding carboxylic acids is 2. The van der Waals surface area contributed by atoms with Crippen molar-refractivity contribution >= 4 is 17.9 Å². The van der Waals surface area contributed by atoms with Crippen molar-refractivity contribution in [2.45, 2.75) is 25.7 Å². The van der Waals surface area contributed by atoms with E-state index in [9.17, 15) is 14.4 Å². The lowest BCUT2D eigenvalue weighted by molar-refractivity contribution is -0.138. The third-order valence-corrected chi connectivity index (χ3v) is 2.98. The first-order chi connectivity index (χ1) is 8.47. The molecule has 7 nitrogen and oxygen atoms in total. The van der Waals surface area contributed by atoms with Gasteiger partial charge in [-0.05, 0) is 25.3 Å². The molecule has 1 saturated heterocycles. The summed E-state index contributed by atoms with van der Waals surface area (Å²) in [7, 11) is 0. The number of hydrogen-bond donors (Lipinski definition) is 3. The second-order valence-electron chi connectivity index (χ2n) is 4.57. The fraction of sp³-hybridized carbons (Fsp3) is 0.727. The molecule has 0 radical (unpaired) electrons. The molecular weight excluding hydrogens is 238 g/mol. The number of urea groups is 1. The summed E-state index contributed by atoms with van der Waals surface area (Å²) < 4.78 is 0. The number of carbonyl (C=O) groups is 3. The van der Waals surface area contributed by atoms with Crippen molar-refractivity contribution in [3.05, 3.63) is 0 Å². The van der Waals surface area contributed by atoms with Crippen LogP contribution in [0.3, 0.4) is 0 Å². The van der Waals surface area contributed by atoms with Crippen molar-refractivity contribution in [1.82, 2.24) is 10.2 Å². The van der Waals surface area contributed by atoms with Gasteiger partial charge < -0.3 is 15.7 Å². The Morgan fingerprint density at radius 1 is 1.39 bits per heavy atom. The van der Waals surface area contributed by atoms with Gasteiger partial charge >= 0.3 is 12.0 Å². The Bertz CT molecular complexity index is 332. The molecule has 0 bridgehead atoms. The summed E-state index contributed by atoms with van der Waals surface area (Å²) in [5.74, 6) is -1.04. The number of amides is 3. The van der Waals surface area contributed by atoms with Crippen molar-refractivity contribution in [3.63, 3.8) is 0 Å². The molecular formula is C11H19N3O4. The fourth-order valence-electron chi connectivity index (χ4n) is 2.23. The summed E-state index contributed by atoms with van der Waals surface area (Å²) >= 11 is 0. The molecule has 0 aromatic carbocycles. The van der Waals surface area contributed by atoms with Crippen LogP contribution in [0.15, 0.2) is 0 Å². The van der Waals surface area contributed by atoms with E-state index >= 15 is 0 Å². The number of nitrogens with one attached hydrogen (secondary N) is 1. The van der Waals surface area contributed by atoms with Crippen LogP contribution in [0.4, 0.5) is 4.79 Å². The maximum Gasteiger partial charge on any atom is 0.318 e. The fourth-order valence-corrected chi connectivity index (χ4v) is 2.23. The summed E-state index contributed by atoms with van der Waals surface area (Å²) in [6.45, 7) is 2.07. The Morgan fingerprint density at radius 3 is 2.72 bits per heavy atom. The highest BCUT2D eigenvalue weighted by molar-refractivity contribution is 5.93. The molecule has 0 spiro atoms. The number of nitrogens with two attached hydrogens (primary N) is 1. The van der Waals surface area contributed by atoms with Gasteiger partial charge in [0.25, 0.3) is 0 Å². The van der Waals surface area contributed by atoms with Crippen LogP contribution in [0.2, 0.25) is 0 Å². The molecule has 1 fully saturated rings. The van der Waals surface area contributed by atoms with E-state index in [1.807, 2.05) is 5.32 Å². The van der Waals surface area contributed by atoms with Crippen LogP contribution in [0, 0.1) is 5.92 Å². The Hall–Kier alpha value is -1.63. The molecule has 0 aromatic rings. The Morgan fingerprint density at radius 2 is 2.11 bits per heavy atom. The number of carboxylic acids is 1. The zero-order valence-electron chi connectivity index (χ0n) is 10.2. The average Bonchev–Trinajstić information content (AvgIpc) is 2.25. The van der Waals surface area contributed by atoms with Crippen LogP contribution >= 0.6 is 0 Å². The highest BCUT2D eigenvalue weighted by Crippen LogP contribution is 2.19. The molecule has 0 aliphatic carbocycles. The predicted octanol–water partition coefficient (Wildman–Crippen LogP) is -0.242. The Labute approximate surface area is 105 Å². The van der Waals surface area contributed by atoms with Gasteiger partial charge in [-0.25, -0.2) is 4.79 Å². The lowest BCUT2D eigenvalue weighted by Crippen LogP contribution is -2.40. The molecule has 3 amide bonds. The monoisotopic (exact) mass is 257 g/mol. The van der Waals surface area contributed by atoms with Crippen LogP contribution < -0.4 is 11.1 Å². The number of carboxylic acid groups (broad SMARTS) is 1. The topological polar surface area (TPSA) is 113 Å². The van der Waals surface area contributed by atoms with Gasteiger partial charge in [0.1, 0.15) is 0 Å². The quantitative estimate of drug-likeness (QED) is 0.629. The number of hydrogen-bond acceptors (Lipinski definition) is 4. The molecule has 1 rings (SSSR count). The lowest BCUT2D eigenvalue weighted by Gasteiger charge is -2.31. The van der Waals surface area contributed by atoms with Crippen LogP contribution in [0.25, 0.3) is 0 Å². The summed E-state index contributed by atoms with van der Waals surface area (Å²) in [6.07, 6.45) is 2.22. The highest BCUT2D eigenvalue weighted by atomic mass is 16.4. The molecule has 7 heteroatoms. The smallest absolute Gasteiger partial charge is 0.318 e. The van der Waals surface area contributed by atoms with Crippen molar-refractivity contribution in [3.8, 4) is 0 Å². The van der Waals surface area contributed by atoms with E-state index in [0.717, 1.165) is 19.4 Å².